The molecule has 2 atom stereocenters. The number of nitriles is 2. The highest BCUT2D eigenvalue weighted by Gasteiger charge is 2.29. The van der Waals surface area contributed by atoms with E-state index in [9.17, 15) is 5.26 Å². The average Bonchev–Trinajstić information content (AvgIpc) is 2.72. The minimum Gasteiger partial charge on any atom is -0.397 e. The van der Waals surface area contributed by atoms with Gasteiger partial charge in [-0.2, -0.15) is 10.5 Å². The monoisotopic (exact) mass is 390 g/mol. The van der Waals surface area contributed by atoms with Crippen molar-refractivity contribution in [2.24, 2.45) is 4.99 Å². The Labute approximate surface area is 169 Å². The second kappa shape index (κ2) is 8.46. The van der Waals surface area contributed by atoms with Gasteiger partial charge in [-0.05, 0) is 24.5 Å². The van der Waals surface area contributed by atoms with Crippen molar-refractivity contribution >= 4 is 23.3 Å². The molecule has 9 nitrogen and oxygen atoms in total. The van der Waals surface area contributed by atoms with E-state index in [-0.39, 0.29) is 29.1 Å². The van der Waals surface area contributed by atoms with Gasteiger partial charge in [0.25, 0.3) is 0 Å². The van der Waals surface area contributed by atoms with Gasteiger partial charge >= 0.3 is 0 Å². The number of hydrogen-bond donors (Lipinski definition) is 4. The highest BCUT2D eigenvalue weighted by molar-refractivity contribution is 5.98. The predicted molar refractivity (Wildman–Crippen MR) is 110 cm³/mol. The zero-order valence-corrected chi connectivity index (χ0v) is 16.2. The van der Waals surface area contributed by atoms with Crippen LogP contribution < -0.4 is 22.1 Å². The van der Waals surface area contributed by atoms with Crippen molar-refractivity contribution in [1.29, 1.82) is 10.5 Å². The number of ether oxygens (including phenoxy) is 1. The number of nitrogen functional groups attached to an aromatic ring is 2. The molecule has 0 aliphatic carbocycles. The number of guanidine groups is 1. The maximum Gasteiger partial charge on any atom is 0.211 e. The van der Waals surface area contributed by atoms with Crippen LogP contribution in [0.1, 0.15) is 48.6 Å². The number of aromatic nitrogens is 1. The molecule has 0 radical (unpaired) electrons. The molecule has 0 amide bonds. The standard InChI is InChI=1S/C20H22N8O/c1-3-11(2)29-9-12-5-4-6-13(7-12)17-15-16(23)14(8-21)18(24)27-19(15)28-20(26-17)25-10-22/h4-7,11,17H,3,9H2,1-2H3,(H6,23,24,25,26,27,28). The van der Waals surface area contributed by atoms with E-state index >= 15 is 0 Å². The maximum atomic E-state index is 9.41. The topological polar surface area (TPSA) is 158 Å². The number of fused-ring (bicyclic) bond motifs is 1. The SMILES string of the molecule is CCC(C)OCc1cccc(C2N=C(NC#N)Nc3nc(N)c(C#N)c(N)c32)c1. The Hall–Kier alpha value is -3.82. The molecule has 1 aromatic carbocycles. The third kappa shape index (κ3) is 4.05. The predicted octanol–water partition coefficient (Wildman–Crippen LogP) is 2.37. The summed E-state index contributed by atoms with van der Waals surface area (Å²) in [5, 5.41) is 23.8. The van der Waals surface area contributed by atoms with Gasteiger partial charge in [0.1, 0.15) is 29.3 Å². The van der Waals surface area contributed by atoms with Crippen LogP contribution in [0.3, 0.4) is 0 Å². The zero-order valence-electron chi connectivity index (χ0n) is 16.2. The average molecular weight is 390 g/mol. The van der Waals surface area contributed by atoms with Gasteiger partial charge in [0.15, 0.2) is 6.19 Å². The lowest BCUT2D eigenvalue weighted by Gasteiger charge is -2.26. The summed E-state index contributed by atoms with van der Waals surface area (Å²) in [4.78, 5) is 8.82. The first-order chi connectivity index (χ1) is 14.0. The van der Waals surface area contributed by atoms with E-state index in [4.69, 9.17) is 21.5 Å². The molecular formula is C20H22N8O. The first kappa shape index (κ1) is 19.9. The van der Waals surface area contributed by atoms with E-state index in [0.717, 1.165) is 17.5 Å². The summed E-state index contributed by atoms with van der Waals surface area (Å²) in [5.74, 6) is 0.601. The molecule has 1 aliphatic heterocycles. The van der Waals surface area contributed by atoms with Crippen LogP contribution in [0.25, 0.3) is 0 Å². The molecule has 29 heavy (non-hydrogen) atoms. The number of rotatable bonds is 5. The van der Waals surface area contributed by atoms with E-state index < -0.39 is 6.04 Å². The molecular weight excluding hydrogens is 368 g/mol. The highest BCUT2D eigenvalue weighted by Crippen LogP contribution is 2.40. The number of anilines is 3. The number of pyridine rings is 1. The smallest absolute Gasteiger partial charge is 0.211 e. The van der Waals surface area contributed by atoms with Crippen LogP contribution in [0.4, 0.5) is 17.3 Å². The fourth-order valence-electron chi connectivity index (χ4n) is 3.03. The minimum atomic E-state index is -0.564. The van der Waals surface area contributed by atoms with Crippen LogP contribution >= 0.6 is 0 Å². The molecule has 1 aromatic heterocycles. The number of benzene rings is 1. The molecule has 0 saturated heterocycles. The Bertz CT molecular complexity index is 1030. The van der Waals surface area contributed by atoms with Crippen molar-refractivity contribution in [2.75, 3.05) is 16.8 Å². The fourth-order valence-corrected chi connectivity index (χ4v) is 3.03. The molecule has 2 unspecified atom stereocenters. The number of hydrogen-bond acceptors (Lipinski definition) is 9. The Balaban J connectivity index is 2.07. The van der Waals surface area contributed by atoms with Gasteiger partial charge in [0.05, 0.1) is 18.4 Å². The number of nitrogens with zero attached hydrogens (tertiary/aromatic N) is 4. The van der Waals surface area contributed by atoms with E-state index in [2.05, 4.69) is 27.5 Å². The quantitative estimate of drug-likeness (QED) is 0.447. The van der Waals surface area contributed by atoms with Gasteiger partial charge in [0, 0.05) is 5.56 Å². The molecule has 2 heterocycles. The maximum absolute atomic E-state index is 9.41. The third-order valence-corrected chi connectivity index (χ3v) is 4.73. The van der Waals surface area contributed by atoms with Crippen molar-refractivity contribution in [3.05, 3.63) is 46.5 Å². The van der Waals surface area contributed by atoms with Crippen LogP contribution in [0, 0.1) is 22.8 Å². The summed E-state index contributed by atoms with van der Waals surface area (Å²) in [7, 11) is 0. The molecule has 0 fully saturated rings. The lowest BCUT2D eigenvalue weighted by molar-refractivity contribution is 0.0508. The van der Waals surface area contributed by atoms with Crippen molar-refractivity contribution < 1.29 is 4.74 Å². The van der Waals surface area contributed by atoms with Gasteiger partial charge in [-0.3, -0.25) is 5.32 Å². The lowest BCUT2D eigenvalue weighted by atomic mass is 9.94. The van der Waals surface area contributed by atoms with Gasteiger partial charge in [-0.1, -0.05) is 31.2 Å². The Kier molecular flexibility index (Phi) is 5.82. The molecule has 0 bridgehead atoms. The Morgan fingerprint density at radius 3 is 2.83 bits per heavy atom. The van der Waals surface area contributed by atoms with Crippen LogP contribution in [0.15, 0.2) is 29.3 Å². The largest absolute Gasteiger partial charge is 0.397 e. The second-order valence-electron chi connectivity index (χ2n) is 6.68. The normalized spacial score (nSPS) is 15.9. The van der Waals surface area contributed by atoms with Crippen molar-refractivity contribution in [3.8, 4) is 12.3 Å². The number of aliphatic imine (C=N–C) groups is 1. The third-order valence-electron chi connectivity index (χ3n) is 4.73. The highest BCUT2D eigenvalue weighted by atomic mass is 16.5. The summed E-state index contributed by atoms with van der Waals surface area (Å²) < 4.78 is 5.82. The van der Waals surface area contributed by atoms with Gasteiger partial charge in [-0.15, -0.1) is 0 Å². The lowest BCUT2D eigenvalue weighted by Crippen LogP contribution is -2.32. The minimum absolute atomic E-state index is 0.0175. The van der Waals surface area contributed by atoms with E-state index in [1.165, 1.54) is 0 Å². The first-order valence-electron chi connectivity index (χ1n) is 9.17. The Morgan fingerprint density at radius 2 is 2.14 bits per heavy atom. The molecule has 1 aliphatic rings. The van der Waals surface area contributed by atoms with Crippen LogP contribution in [0.5, 0.6) is 0 Å². The van der Waals surface area contributed by atoms with Crippen molar-refractivity contribution in [2.45, 2.75) is 39.0 Å². The molecule has 148 valence electrons. The second-order valence-corrected chi connectivity index (χ2v) is 6.68. The molecule has 9 heteroatoms. The van der Waals surface area contributed by atoms with E-state index in [0.29, 0.717) is 18.0 Å². The molecule has 2 aromatic rings. The van der Waals surface area contributed by atoms with Gasteiger partial charge < -0.3 is 21.5 Å². The Morgan fingerprint density at radius 1 is 1.34 bits per heavy atom. The van der Waals surface area contributed by atoms with Crippen molar-refractivity contribution in [1.82, 2.24) is 10.3 Å². The summed E-state index contributed by atoms with van der Waals surface area (Å²) in [5.41, 5.74) is 14.8. The molecule has 3 rings (SSSR count). The summed E-state index contributed by atoms with van der Waals surface area (Å²) in [6, 6.07) is 9.18. The summed E-state index contributed by atoms with van der Waals surface area (Å²) in [6.45, 7) is 4.56. The molecule has 0 spiro atoms. The number of nitrogens with two attached hydrogens (primary N) is 2. The van der Waals surface area contributed by atoms with Crippen molar-refractivity contribution in [3.63, 3.8) is 0 Å². The van der Waals surface area contributed by atoms with Gasteiger partial charge in [0.2, 0.25) is 5.96 Å². The number of nitrogens with one attached hydrogen (secondary N) is 2. The van der Waals surface area contributed by atoms with E-state index in [1.54, 1.807) is 0 Å². The van der Waals surface area contributed by atoms with Gasteiger partial charge in [-0.25, -0.2) is 9.98 Å². The van der Waals surface area contributed by atoms with Crippen LogP contribution in [-0.2, 0) is 11.3 Å². The van der Waals surface area contributed by atoms with Crippen LogP contribution in [-0.4, -0.2) is 17.0 Å². The zero-order chi connectivity index (χ0) is 21.0. The summed E-state index contributed by atoms with van der Waals surface area (Å²) in [6.07, 6.45) is 2.92. The summed E-state index contributed by atoms with van der Waals surface area (Å²) >= 11 is 0. The molecule has 0 saturated carbocycles. The first-order valence-corrected chi connectivity index (χ1v) is 9.17. The fraction of sp³-hybridized carbons (Fsp3) is 0.300. The molecule has 6 N–H and O–H groups in total. The van der Waals surface area contributed by atoms with E-state index in [1.807, 2.05) is 43.5 Å². The van der Waals surface area contributed by atoms with Crippen LogP contribution in [0.2, 0.25) is 0 Å².